The fourth-order valence-corrected chi connectivity index (χ4v) is 4.15. The lowest BCUT2D eigenvalue weighted by molar-refractivity contribution is -0.133. The van der Waals surface area contributed by atoms with Gasteiger partial charge in [-0.05, 0) is 38.5 Å². The molecule has 1 aliphatic heterocycles. The molecule has 148 valence electrons. The first-order chi connectivity index (χ1) is 13.6. The Morgan fingerprint density at radius 2 is 1.82 bits per heavy atom. The van der Waals surface area contributed by atoms with Crippen LogP contribution in [0, 0.1) is 18.8 Å². The Balaban J connectivity index is 1.21. The number of hydrogen-bond acceptors (Lipinski definition) is 5. The molecule has 2 heterocycles. The minimum atomic E-state index is -0.261. The number of amides is 3. The molecule has 0 atom stereocenters. The standard InChI is InChI=1S/C20H25N5O2S/c1-13-2-4-15(5-3-13)17-23-24-20(28-17)22-19(27)21-12-14-8-10-25(11-9-14)18(26)16-6-7-16/h2-5,14,16H,6-12H2,1H3,(H2,21,22,24,27). The van der Waals surface area contributed by atoms with Crippen LogP contribution >= 0.6 is 11.3 Å². The summed E-state index contributed by atoms with van der Waals surface area (Å²) in [6.45, 7) is 4.26. The lowest BCUT2D eigenvalue weighted by atomic mass is 9.96. The monoisotopic (exact) mass is 399 g/mol. The Kier molecular flexibility index (Phi) is 5.57. The highest BCUT2D eigenvalue weighted by Gasteiger charge is 2.34. The van der Waals surface area contributed by atoms with E-state index in [-0.39, 0.29) is 11.9 Å². The Labute approximate surface area is 168 Å². The minimum Gasteiger partial charge on any atom is -0.342 e. The molecule has 4 rings (SSSR count). The van der Waals surface area contributed by atoms with Gasteiger partial charge in [0.2, 0.25) is 11.0 Å². The zero-order valence-electron chi connectivity index (χ0n) is 16.0. The Morgan fingerprint density at radius 1 is 1.11 bits per heavy atom. The fraction of sp³-hybridized carbons (Fsp3) is 0.500. The number of benzene rings is 1. The molecule has 8 heteroatoms. The third-order valence-electron chi connectivity index (χ3n) is 5.35. The summed E-state index contributed by atoms with van der Waals surface area (Å²) in [6.07, 6.45) is 3.99. The molecule has 0 radical (unpaired) electrons. The van der Waals surface area contributed by atoms with Gasteiger partial charge in [-0.15, -0.1) is 10.2 Å². The summed E-state index contributed by atoms with van der Waals surface area (Å²) >= 11 is 1.36. The summed E-state index contributed by atoms with van der Waals surface area (Å²) in [4.78, 5) is 26.2. The molecular weight excluding hydrogens is 374 g/mol. The number of likely N-dealkylation sites (tertiary alicyclic amines) is 1. The maximum atomic E-state index is 12.2. The smallest absolute Gasteiger partial charge is 0.321 e. The fourth-order valence-electron chi connectivity index (χ4n) is 3.41. The van der Waals surface area contributed by atoms with Gasteiger partial charge >= 0.3 is 6.03 Å². The number of aromatic nitrogens is 2. The first-order valence-corrected chi connectivity index (χ1v) is 10.6. The predicted octanol–water partition coefficient (Wildman–Crippen LogP) is 3.28. The quantitative estimate of drug-likeness (QED) is 0.808. The molecule has 1 aromatic carbocycles. The van der Waals surface area contributed by atoms with E-state index in [1.165, 1.54) is 16.9 Å². The Morgan fingerprint density at radius 3 is 2.50 bits per heavy atom. The summed E-state index contributed by atoms with van der Waals surface area (Å²) in [7, 11) is 0. The van der Waals surface area contributed by atoms with E-state index in [0.29, 0.717) is 23.5 Å². The SMILES string of the molecule is Cc1ccc(-c2nnc(NC(=O)NCC3CCN(C(=O)C4CC4)CC3)s2)cc1. The van der Waals surface area contributed by atoms with Crippen molar-refractivity contribution in [2.24, 2.45) is 11.8 Å². The highest BCUT2D eigenvalue weighted by atomic mass is 32.1. The lowest BCUT2D eigenvalue weighted by Crippen LogP contribution is -2.42. The molecule has 2 fully saturated rings. The molecule has 1 saturated carbocycles. The average molecular weight is 400 g/mol. The summed E-state index contributed by atoms with van der Waals surface area (Å²) in [5, 5.41) is 15.2. The second-order valence-electron chi connectivity index (χ2n) is 7.66. The van der Waals surface area contributed by atoms with Gasteiger partial charge in [0.15, 0.2) is 0 Å². The van der Waals surface area contributed by atoms with E-state index in [4.69, 9.17) is 0 Å². The van der Waals surface area contributed by atoms with E-state index < -0.39 is 0 Å². The van der Waals surface area contributed by atoms with Crippen molar-refractivity contribution in [3.8, 4) is 10.6 Å². The van der Waals surface area contributed by atoms with E-state index in [1.54, 1.807) is 0 Å². The molecular formula is C20H25N5O2S. The number of rotatable bonds is 5. The van der Waals surface area contributed by atoms with E-state index in [0.717, 1.165) is 49.3 Å². The van der Waals surface area contributed by atoms with E-state index >= 15 is 0 Å². The zero-order valence-corrected chi connectivity index (χ0v) is 16.8. The highest BCUT2D eigenvalue weighted by molar-refractivity contribution is 7.18. The van der Waals surface area contributed by atoms with Crippen molar-refractivity contribution in [2.45, 2.75) is 32.6 Å². The third kappa shape index (κ3) is 4.67. The van der Waals surface area contributed by atoms with Crippen LogP contribution in [0.25, 0.3) is 10.6 Å². The normalized spacial score (nSPS) is 17.4. The van der Waals surface area contributed by atoms with Gasteiger partial charge in [-0.3, -0.25) is 10.1 Å². The van der Waals surface area contributed by atoms with Gasteiger partial charge in [0.1, 0.15) is 5.01 Å². The molecule has 28 heavy (non-hydrogen) atoms. The number of aryl methyl sites for hydroxylation is 1. The molecule has 0 spiro atoms. The largest absolute Gasteiger partial charge is 0.342 e. The maximum absolute atomic E-state index is 12.2. The Bertz CT molecular complexity index is 839. The number of anilines is 1. The second-order valence-corrected chi connectivity index (χ2v) is 8.63. The molecule has 3 amide bonds. The molecule has 2 aromatic rings. The van der Waals surface area contributed by atoms with Gasteiger partial charge in [0.25, 0.3) is 0 Å². The topological polar surface area (TPSA) is 87.2 Å². The predicted molar refractivity (Wildman–Crippen MR) is 109 cm³/mol. The summed E-state index contributed by atoms with van der Waals surface area (Å²) in [5.74, 6) is 1.02. The van der Waals surface area contributed by atoms with Crippen molar-refractivity contribution in [3.63, 3.8) is 0 Å². The molecule has 2 aliphatic rings. The van der Waals surface area contributed by atoms with Crippen LogP contribution in [0.1, 0.15) is 31.2 Å². The number of nitrogens with one attached hydrogen (secondary N) is 2. The van der Waals surface area contributed by atoms with E-state index in [9.17, 15) is 9.59 Å². The van der Waals surface area contributed by atoms with E-state index in [2.05, 4.69) is 20.8 Å². The molecule has 1 aliphatic carbocycles. The summed E-state index contributed by atoms with van der Waals surface area (Å²) in [5.41, 5.74) is 2.18. The molecule has 0 unspecified atom stereocenters. The number of carbonyl (C=O) groups is 2. The number of nitrogens with zero attached hydrogens (tertiary/aromatic N) is 3. The lowest BCUT2D eigenvalue weighted by Gasteiger charge is -2.32. The minimum absolute atomic E-state index is 0.261. The Hall–Kier alpha value is -2.48. The number of piperidine rings is 1. The first-order valence-electron chi connectivity index (χ1n) is 9.82. The van der Waals surface area contributed by atoms with Crippen molar-refractivity contribution in [1.82, 2.24) is 20.4 Å². The van der Waals surface area contributed by atoms with Gasteiger partial charge in [0.05, 0.1) is 0 Å². The van der Waals surface area contributed by atoms with Crippen molar-refractivity contribution in [3.05, 3.63) is 29.8 Å². The van der Waals surface area contributed by atoms with Crippen LogP contribution in [-0.2, 0) is 4.79 Å². The molecule has 0 bridgehead atoms. The summed E-state index contributed by atoms with van der Waals surface area (Å²) in [6, 6.07) is 7.79. The van der Waals surface area contributed by atoms with Crippen molar-refractivity contribution in [2.75, 3.05) is 25.0 Å². The van der Waals surface area contributed by atoms with E-state index in [1.807, 2.05) is 36.1 Å². The van der Waals surface area contributed by atoms with Gasteiger partial charge in [-0.25, -0.2) is 4.79 Å². The van der Waals surface area contributed by atoms with Crippen LogP contribution in [0.3, 0.4) is 0 Å². The van der Waals surface area contributed by atoms with Crippen LogP contribution < -0.4 is 10.6 Å². The van der Waals surface area contributed by atoms with Gasteiger partial charge in [0, 0.05) is 31.1 Å². The summed E-state index contributed by atoms with van der Waals surface area (Å²) < 4.78 is 0. The van der Waals surface area contributed by atoms with Crippen LogP contribution in [0.4, 0.5) is 9.93 Å². The van der Waals surface area contributed by atoms with Gasteiger partial charge in [-0.1, -0.05) is 41.2 Å². The maximum Gasteiger partial charge on any atom is 0.321 e. The van der Waals surface area contributed by atoms with Gasteiger partial charge < -0.3 is 10.2 Å². The first kappa shape index (κ1) is 18.9. The highest BCUT2D eigenvalue weighted by Crippen LogP contribution is 2.32. The number of hydrogen-bond donors (Lipinski definition) is 2. The molecule has 1 saturated heterocycles. The van der Waals surface area contributed by atoms with Crippen LogP contribution in [-0.4, -0.2) is 46.7 Å². The van der Waals surface area contributed by atoms with Crippen LogP contribution in [0.15, 0.2) is 24.3 Å². The number of urea groups is 1. The zero-order chi connectivity index (χ0) is 19.5. The molecule has 1 aromatic heterocycles. The van der Waals surface area contributed by atoms with Crippen LogP contribution in [0.2, 0.25) is 0 Å². The third-order valence-corrected chi connectivity index (χ3v) is 6.24. The average Bonchev–Trinajstić information content (AvgIpc) is 3.46. The second kappa shape index (κ2) is 8.26. The molecule has 2 N–H and O–H groups in total. The van der Waals surface area contributed by atoms with Gasteiger partial charge in [-0.2, -0.15) is 0 Å². The number of carbonyl (C=O) groups excluding carboxylic acids is 2. The van der Waals surface area contributed by atoms with Crippen molar-refractivity contribution in [1.29, 1.82) is 0 Å². The van der Waals surface area contributed by atoms with Crippen molar-refractivity contribution < 1.29 is 9.59 Å². The molecule has 7 nitrogen and oxygen atoms in total. The van der Waals surface area contributed by atoms with Crippen molar-refractivity contribution >= 4 is 28.4 Å². The van der Waals surface area contributed by atoms with Crippen LogP contribution in [0.5, 0.6) is 0 Å².